The van der Waals surface area contributed by atoms with Crippen molar-refractivity contribution in [2.75, 3.05) is 17.9 Å². The van der Waals surface area contributed by atoms with Gasteiger partial charge in [0.2, 0.25) is 10.0 Å². The standard InChI is InChI=1S/C21H31N3O4S2/c1-7-24-15(6)18(20(25)28-12-13(2)3)19(22-21(24)29)16-8-10-17(11-9-16)23-30(26,27)14(4)5/h8-11,13-14,19,23H,7,12H2,1-6H3,(H,22,29)/t19-/m0/s1. The maximum atomic E-state index is 12.9. The van der Waals surface area contributed by atoms with Crippen LogP contribution in [0.2, 0.25) is 0 Å². The molecule has 0 aliphatic carbocycles. The van der Waals surface area contributed by atoms with Crippen LogP contribution in [0.4, 0.5) is 5.69 Å². The molecule has 0 saturated heterocycles. The summed E-state index contributed by atoms with van der Waals surface area (Å²) in [5, 5.41) is 3.22. The molecule has 1 atom stereocenters. The molecule has 1 heterocycles. The van der Waals surface area contributed by atoms with Gasteiger partial charge in [0.25, 0.3) is 0 Å². The predicted molar refractivity (Wildman–Crippen MR) is 123 cm³/mol. The number of ether oxygens (including phenoxy) is 1. The van der Waals surface area contributed by atoms with Crippen molar-refractivity contribution < 1.29 is 17.9 Å². The Hall–Kier alpha value is -2.13. The number of carbonyl (C=O) groups is 1. The lowest BCUT2D eigenvalue weighted by Gasteiger charge is -2.37. The third kappa shape index (κ3) is 5.51. The largest absolute Gasteiger partial charge is 0.462 e. The molecule has 1 aliphatic heterocycles. The van der Waals surface area contributed by atoms with Crippen molar-refractivity contribution in [2.24, 2.45) is 5.92 Å². The minimum absolute atomic E-state index is 0.224. The number of hydrogen-bond donors (Lipinski definition) is 2. The molecular weight excluding hydrogens is 422 g/mol. The van der Waals surface area contributed by atoms with E-state index in [2.05, 4.69) is 10.0 Å². The van der Waals surface area contributed by atoms with Crippen LogP contribution in [0.1, 0.15) is 53.1 Å². The molecule has 0 unspecified atom stereocenters. The molecule has 2 N–H and O–H groups in total. The maximum absolute atomic E-state index is 12.9. The molecule has 0 amide bonds. The highest BCUT2D eigenvalue weighted by atomic mass is 32.2. The highest BCUT2D eigenvalue weighted by Crippen LogP contribution is 2.32. The molecule has 7 nitrogen and oxygen atoms in total. The Balaban J connectivity index is 2.38. The van der Waals surface area contributed by atoms with Gasteiger partial charge in [0.15, 0.2) is 5.11 Å². The molecule has 0 aromatic heterocycles. The summed E-state index contributed by atoms with van der Waals surface area (Å²) in [5.41, 5.74) is 2.51. The molecule has 1 aliphatic rings. The SMILES string of the molecule is CCN1C(=S)N[C@@H](c2ccc(NS(=O)(=O)C(C)C)cc2)C(C(=O)OCC(C)C)=C1C. The van der Waals surface area contributed by atoms with Crippen molar-refractivity contribution in [3.8, 4) is 0 Å². The van der Waals surface area contributed by atoms with Gasteiger partial charge in [0.1, 0.15) is 0 Å². The van der Waals surface area contributed by atoms with Crippen LogP contribution in [-0.4, -0.2) is 42.8 Å². The molecule has 0 saturated carbocycles. The van der Waals surface area contributed by atoms with E-state index in [-0.39, 0.29) is 11.9 Å². The fourth-order valence-corrected chi connectivity index (χ4v) is 4.11. The van der Waals surface area contributed by atoms with Gasteiger partial charge in [-0.2, -0.15) is 0 Å². The van der Waals surface area contributed by atoms with Crippen LogP contribution in [0.15, 0.2) is 35.5 Å². The third-order valence-electron chi connectivity index (χ3n) is 4.80. The highest BCUT2D eigenvalue weighted by Gasteiger charge is 2.34. The normalized spacial score (nSPS) is 17.4. The van der Waals surface area contributed by atoms with Crippen molar-refractivity contribution in [1.29, 1.82) is 0 Å². The zero-order valence-electron chi connectivity index (χ0n) is 18.4. The smallest absolute Gasteiger partial charge is 0.338 e. The Morgan fingerprint density at radius 2 is 1.83 bits per heavy atom. The van der Waals surface area contributed by atoms with E-state index in [1.54, 1.807) is 38.1 Å². The second-order valence-electron chi connectivity index (χ2n) is 7.94. The summed E-state index contributed by atoms with van der Waals surface area (Å²) in [5.74, 6) is -0.161. The average molecular weight is 454 g/mol. The van der Waals surface area contributed by atoms with Crippen molar-refractivity contribution in [3.05, 3.63) is 41.1 Å². The summed E-state index contributed by atoms with van der Waals surface area (Å²) in [6.07, 6.45) is 0. The molecule has 0 fully saturated rings. The van der Waals surface area contributed by atoms with Gasteiger partial charge in [-0.25, -0.2) is 13.2 Å². The fourth-order valence-electron chi connectivity index (χ4n) is 3.02. The second kappa shape index (κ2) is 9.78. The first kappa shape index (κ1) is 24.1. The molecule has 1 aromatic carbocycles. The first-order valence-corrected chi connectivity index (χ1v) is 12.0. The van der Waals surface area contributed by atoms with Crippen LogP contribution in [-0.2, 0) is 19.6 Å². The molecule has 2 rings (SSSR count). The van der Waals surface area contributed by atoms with E-state index < -0.39 is 21.3 Å². The Kier molecular flexibility index (Phi) is 7.87. The fraction of sp³-hybridized carbons (Fsp3) is 0.524. The number of hydrogen-bond acceptors (Lipinski definition) is 5. The summed E-state index contributed by atoms with van der Waals surface area (Å²) in [6, 6.07) is 6.44. The van der Waals surface area contributed by atoms with Crippen LogP contribution < -0.4 is 10.0 Å². The number of nitrogens with one attached hydrogen (secondary N) is 2. The Morgan fingerprint density at radius 1 is 1.23 bits per heavy atom. The number of carbonyl (C=O) groups excluding carboxylic acids is 1. The van der Waals surface area contributed by atoms with Crippen LogP contribution in [0.3, 0.4) is 0 Å². The monoisotopic (exact) mass is 453 g/mol. The molecule has 0 spiro atoms. The number of sulfonamides is 1. The van der Waals surface area contributed by atoms with Crippen LogP contribution in [0.25, 0.3) is 0 Å². The lowest BCUT2D eigenvalue weighted by molar-refractivity contribution is -0.140. The number of nitrogens with zero attached hydrogens (tertiary/aromatic N) is 1. The zero-order valence-corrected chi connectivity index (χ0v) is 20.0. The Bertz CT molecular complexity index is 922. The van der Waals surface area contributed by atoms with E-state index in [0.717, 1.165) is 11.3 Å². The van der Waals surface area contributed by atoms with Gasteiger partial charge >= 0.3 is 5.97 Å². The summed E-state index contributed by atoms with van der Waals surface area (Å²) >= 11 is 5.49. The van der Waals surface area contributed by atoms with Gasteiger partial charge in [-0.3, -0.25) is 4.72 Å². The second-order valence-corrected chi connectivity index (χ2v) is 10.6. The molecular formula is C21H31N3O4S2. The Labute approximate surface area is 184 Å². The van der Waals surface area contributed by atoms with Gasteiger partial charge in [-0.05, 0) is 63.5 Å². The van der Waals surface area contributed by atoms with Crippen molar-refractivity contribution in [3.63, 3.8) is 0 Å². The summed E-state index contributed by atoms with van der Waals surface area (Å²) < 4.78 is 32.3. The van der Waals surface area contributed by atoms with E-state index in [1.807, 2.05) is 32.6 Å². The van der Waals surface area contributed by atoms with Gasteiger partial charge in [0.05, 0.1) is 23.5 Å². The highest BCUT2D eigenvalue weighted by molar-refractivity contribution is 7.93. The maximum Gasteiger partial charge on any atom is 0.338 e. The van der Waals surface area contributed by atoms with E-state index >= 15 is 0 Å². The van der Waals surface area contributed by atoms with Gasteiger partial charge in [-0.15, -0.1) is 0 Å². The number of benzene rings is 1. The van der Waals surface area contributed by atoms with Gasteiger partial charge in [0, 0.05) is 17.9 Å². The summed E-state index contributed by atoms with van der Waals surface area (Å²) in [4.78, 5) is 14.8. The van der Waals surface area contributed by atoms with Crippen molar-refractivity contribution in [2.45, 2.75) is 52.8 Å². The Morgan fingerprint density at radius 3 is 2.33 bits per heavy atom. The molecule has 166 valence electrons. The van der Waals surface area contributed by atoms with E-state index in [9.17, 15) is 13.2 Å². The molecule has 1 aromatic rings. The van der Waals surface area contributed by atoms with Crippen LogP contribution >= 0.6 is 12.2 Å². The lowest BCUT2D eigenvalue weighted by Crippen LogP contribution is -2.47. The molecule has 0 bridgehead atoms. The summed E-state index contributed by atoms with van der Waals surface area (Å²) in [6.45, 7) is 12.0. The average Bonchev–Trinajstić information content (AvgIpc) is 2.66. The van der Waals surface area contributed by atoms with Gasteiger partial charge < -0.3 is 15.0 Å². The topological polar surface area (TPSA) is 87.7 Å². The van der Waals surface area contributed by atoms with E-state index in [4.69, 9.17) is 17.0 Å². The molecule has 9 heteroatoms. The summed E-state index contributed by atoms with van der Waals surface area (Å²) in [7, 11) is -3.43. The quantitative estimate of drug-likeness (QED) is 0.460. The lowest BCUT2D eigenvalue weighted by atomic mass is 9.95. The van der Waals surface area contributed by atoms with E-state index in [1.165, 1.54) is 0 Å². The first-order valence-electron chi connectivity index (χ1n) is 10.0. The zero-order chi connectivity index (χ0) is 22.6. The van der Waals surface area contributed by atoms with Crippen molar-refractivity contribution >= 4 is 39.0 Å². The first-order chi connectivity index (χ1) is 14.0. The third-order valence-corrected chi connectivity index (χ3v) is 6.90. The minimum Gasteiger partial charge on any atom is -0.462 e. The predicted octanol–water partition coefficient (Wildman–Crippen LogP) is 3.56. The number of thiocarbonyl (C=S) groups is 1. The van der Waals surface area contributed by atoms with E-state index in [0.29, 0.717) is 29.5 Å². The van der Waals surface area contributed by atoms with Crippen LogP contribution in [0, 0.1) is 5.92 Å². The van der Waals surface area contributed by atoms with Crippen molar-refractivity contribution in [1.82, 2.24) is 10.2 Å². The van der Waals surface area contributed by atoms with Gasteiger partial charge in [-0.1, -0.05) is 26.0 Å². The minimum atomic E-state index is -3.43. The van der Waals surface area contributed by atoms with Crippen LogP contribution in [0.5, 0.6) is 0 Å². The number of rotatable bonds is 8. The number of allylic oxidation sites excluding steroid dienone is 1. The number of anilines is 1. The molecule has 0 radical (unpaired) electrons. The molecule has 30 heavy (non-hydrogen) atoms. The number of esters is 1.